The number of halogens is 1. The molecule has 2 N–H and O–H groups in total. The SMILES string of the molecule is CS(=O)(=O)c1c(F)cccc1NCC(=O)NCCSCc1ccco1. The Kier molecular flexibility index (Phi) is 6.89. The van der Waals surface area contributed by atoms with E-state index in [2.05, 4.69) is 10.6 Å². The summed E-state index contributed by atoms with van der Waals surface area (Å²) >= 11 is 1.62. The molecule has 1 amide bonds. The molecule has 2 rings (SSSR count). The highest BCUT2D eigenvalue weighted by atomic mass is 32.2. The summed E-state index contributed by atoms with van der Waals surface area (Å²) in [6.07, 6.45) is 2.54. The van der Waals surface area contributed by atoms with Gasteiger partial charge in [0, 0.05) is 18.6 Å². The number of hydrogen-bond donors (Lipinski definition) is 2. The van der Waals surface area contributed by atoms with E-state index in [-0.39, 0.29) is 18.1 Å². The first-order valence-corrected chi connectivity index (χ1v) is 10.5. The number of thioether (sulfide) groups is 1. The van der Waals surface area contributed by atoms with Gasteiger partial charge < -0.3 is 15.1 Å². The van der Waals surface area contributed by atoms with Crippen molar-refractivity contribution in [2.75, 3.05) is 30.4 Å². The molecule has 0 aliphatic rings. The van der Waals surface area contributed by atoms with Crippen LogP contribution in [-0.4, -0.2) is 39.4 Å². The van der Waals surface area contributed by atoms with Gasteiger partial charge in [-0.05, 0) is 24.3 Å². The van der Waals surface area contributed by atoms with Crippen molar-refractivity contribution in [1.82, 2.24) is 5.32 Å². The second kappa shape index (κ2) is 8.91. The van der Waals surface area contributed by atoms with Crippen molar-refractivity contribution in [2.45, 2.75) is 10.6 Å². The number of anilines is 1. The van der Waals surface area contributed by atoms with Gasteiger partial charge in [-0.25, -0.2) is 12.8 Å². The van der Waals surface area contributed by atoms with Crippen LogP contribution in [0, 0.1) is 5.82 Å². The number of furan rings is 1. The summed E-state index contributed by atoms with van der Waals surface area (Å²) in [6.45, 7) is 0.322. The summed E-state index contributed by atoms with van der Waals surface area (Å²) in [5, 5.41) is 5.38. The van der Waals surface area contributed by atoms with E-state index in [0.717, 1.165) is 23.8 Å². The van der Waals surface area contributed by atoms with E-state index in [0.29, 0.717) is 12.3 Å². The zero-order valence-corrected chi connectivity index (χ0v) is 15.3. The van der Waals surface area contributed by atoms with Crippen LogP contribution in [0.3, 0.4) is 0 Å². The summed E-state index contributed by atoms with van der Waals surface area (Å²) < 4.78 is 42.3. The highest BCUT2D eigenvalue weighted by Crippen LogP contribution is 2.24. The molecule has 136 valence electrons. The molecule has 0 aliphatic carbocycles. The van der Waals surface area contributed by atoms with E-state index in [1.54, 1.807) is 18.0 Å². The molecule has 0 radical (unpaired) electrons. The molecule has 0 unspecified atom stereocenters. The highest BCUT2D eigenvalue weighted by Gasteiger charge is 2.18. The van der Waals surface area contributed by atoms with E-state index < -0.39 is 20.5 Å². The van der Waals surface area contributed by atoms with Crippen molar-refractivity contribution in [1.29, 1.82) is 0 Å². The lowest BCUT2D eigenvalue weighted by molar-refractivity contribution is -0.119. The molecule has 6 nitrogen and oxygen atoms in total. The number of nitrogens with one attached hydrogen (secondary N) is 2. The van der Waals surface area contributed by atoms with Gasteiger partial charge in [-0.3, -0.25) is 4.79 Å². The monoisotopic (exact) mass is 386 g/mol. The lowest BCUT2D eigenvalue weighted by Gasteiger charge is -2.11. The third kappa shape index (κ3) is 6.09. The summed E-state index contributed by atoms with van der Waals surface area (Å²) in [6, 6.07) is 7.58. The lowest BCUT2D eigenvalue weighted by Crippen LogP contribution is -2.31. The normalized spacial score (nSPS) is 11.3. The Bertz CT molecular complexity index is 808. The van der Waals surface area contributed by atoms with Gasteiger partial charge in [0.2, 0.25) is 5.91 Å². The number of amides is 1. The Labute approximate surface area is 150 Å². The van der Waals surface area contributed by atoms with E-state index >= 15 is 0 Å². The first-order valence-electron chi connectivity index (χ1n) is 7.47. The average molecular weight is 386 g/mol. The molecule has 0 atom stereocenters. The maximum Gasteiger partial charge on any atom is 0.239 e. The fourth-order valence-corrected chi connectivity index (χ4v) is 3.81. The predicted octanol–water partition coefficient (Wildman–Crippen LogP) is 2.28. The summed E-state index contributed by atoms with van der Waals surface area (Å²) in [5.41, 5.74) is 0.0739. The Hall–Kier alpha value is -2.00. The van der Waals surface area contributed by atoms with Crippen LogP contribution >= 0.6 is 11.8 Å². The third-order valence-corrected chi connectivity index (χ3v) is 5.31. The quantitative estimate of drug-likeness (QED) is 0.643. The predicted molar refractivity (Wildman–Crippen MR) is 95.9 cm³/mol. The Morgan fingerprint density at radius 1 is 1.28 bits per heavy atom. The molecule has 0 saturated heterocycles. The number of carbonyl (C=O) groups is 1. The Balaban J connectivity index is 1.76. The van der Waals surface area contributed by atoms with Crippen LogP contribution in [0.5, 0.6) is 0 Å². The van der Waals surface area contributed by atoms with Crippen LogP contribution in [0.15, 0.2) is 45.9 Å². The van der Waals surface area contributed by atoms with Crippen molar-refractivity contribution in [3.05, 3.63) is 48.2 Å². The van der Waals surface area contributed by atoms with Crippen LogP contribution in [0.1, 0.15) is 5.76 Å². The molecule has 0 saturated carbocycles. The number of benzene rings is 1. The molecule has 1 aromatic heterocycles. The van der Waals surface area contributed by atoms with Crippen molar-refractivity contribution in [3.8, 4) is 0 Å². The summed E-state index contributed by atoms with van der Waals surface area (Å²) in [4.78, 5) is 11.4. The minimum absolute atomic E-state index is 0.0739. The zero-order valence-electron chi connectivity index (χ0n) is 13.6. The van der Waals surface area contributed by atoms with Crippen LogP contribution in [-0.2, 0) is 20.4 Å². The maximum atomic E-state index is 13.7. The molecule has 0 fully saturated rings. The number of hydrogen-bond acceptors (Lipinski definition) is 6. The zero-order chi connectivity index (χ0) is 18.3. The fraction of sp³-hybridized carbons (Fsp3) is 0.312. The first-order chi connectivity index (χ1) is 11.9. The molecular weight excluding hydrogens is 367 g/mol. The van der Waals surface area contributed by atoms with Gasteiger partial charge in [0.1, 0.15) is 16.5 Å². The van der Waals surface area contributed by atoms with Gasteiger partial charge in [-0.15, -0.1) is 0 Å². The number of carbonyl (C=O) groups excluding carboxylic acids is 1. The van der Waals surface area contributed by atoms with Crippen LogP contribution in [0.4, 0.5) is 10.1 Å². The van der Waals surface area contributed by atoms with Crippen molar-refractivity contribution >= 4 is 33.2 Å². The van der Waals surface area contributed by atoms with Crippen LogP contribution < -0.4 is 10.6 Å². The molecule has 0 aliphatic heterocycles. The van der Waals surface area contributed by atoms with Gasteiger partial charge >= 0.3 is 0 Å². The van der Waals surface area contributed by atoms with E-state index in [1.165, 1.54) is 12.1 Å². The first kappa shape index (κ1) is 19.3. The Morgan fingerprint density at radius 3 is 2.76 bits per heavy atom. The van der Waals surface area contributed by atoms with E-state index in [9.17, 15) is 17.6 Å². The summed E-state index contributed by atoms with van der Waals surface area (Å²) in [7, 11) is -3.74. The number of sulfone groups is 1. The van der Waals surface area contributed by atoms with Crippen LogP contribution in [0.2, 0.25) is 0 Å². The van der Waals surface area contributed by atoms with Crippen molar-refractivity contribution < 1.29 is 22.0 Å². The maximum absolute atomic E-state index is 13.7. The van der Waals surface area contributed by atoms with Gasteiger partial charge in [-0.2, -0.15) is 11.8 Å². The van der Waals surface area contributed by atoms with E-state index in [4.69, 9.17) is 4.42 Å². The minimum atomic E-state index is -3.74. The molecular formula is C16H19FN2O4S2. The topological polar surface area (TPSA) is 88.4 Å². The lowest BCUT2D eigenvalue weighted by atomic mass is 10.3. The van der Waals surface area contributed by atoms with Crippen LogP contribution in [0.25, 0.3) is 0 Å². The number of rotatable bonds is 9. The molecule has 1 aromatic carbocycles. The smallest absolute Gasteiger partial charge is 0.239 e. The fourth-order valence-electron chi connectivity index (χ4n) is 2.09. The summed E-state index contributed by atoms with van der Waals surface area (Å²) in [5.74, 6) is 1.16. The third-order valence-electron chi connectivity index (χ3n) is 3.17. The van der Waals surface area contributed by atoms with Crippen molar-refractivity contribution in [3.63, 3.8) is 0 Å². The average Bonchev–Trinajstić information content (AvgIpc) is 3.04. The van der Waals surface area contributed by atoms with E-state index in [1.807, 2.05) is 12.1 Å². The van der Waals surface area contributed by atoms with Crippen molar-refractivity contribution in [2.24, 2.45) is 0 Å². The molecule has 9 heteroatoms. The molecule has 0 spiro atoms. The van der Waals surface area contributed by atoms with Gasteiger partial charge in [-0.1, -0.05) is 6.07 Å². The Morgan fingerprint density at radius 2 is 2.08 bits per heavy atom. The van der Waals surface area contributed by atoms with Gasteiger partial charge in [0.25, 0.3) is 0 Å². The highest BCUT2D eigenvalue weighted by molar-refractivity contribution is 7.98. The molecule has 1 heterocycles. The minimum Gasteiger partial charge on any atom is -0.468 e. The standard InChI is InChI=1S/C16H19FN2O4S2/c1-25(21,22)16-13(17)5-2-6-14(16)19-10-15(20)18-7-9-24-11-12-4-3-8-23-12/h2-6,8,19H,7,9-11H2,1H3,(H,18,20). The second-order valence-electron chi connectivity index (χ2n) is 5.22. The molecule has 25 heavy (non-hydrogen) atoms. The largest absolute Gasteiger partial charge is 0.468 e. The second-order valence-corrected chi connectivity index (χ2v) is 8.28. The molecule has 0 bridgehead atoms. The van der Waals surface area contributed by atoms with Gasteiger partial charge in [0.05, 0.1) is 24.2 Å². The molecule has 2 aromatic rings. The van der Waals surface area contributed by atoms with Gasteiger partial charge in [0.15, 0.2) is 9.84 Å².